The van der Waals surface area contributed by atoms with Crippen LogP contribution in [-0.4, -0.2) is 24.8 Å². The third-order valence-corrected chi connectivity index (χ3v) is 4.15. The first-order valence-corrected chi connectivity index (χ1v) is 7.69. The van der Waals surface area contributed by atoms with Gasteiger partial charge in [0.05, 0.1) is 10.6 Å². The maximum atomic E-state index is 10.6. The van der Waals surface area contributed by atoms with Crippen LogP contribution in [0.15, 0.2) is 59.8 Å². The molecule has 7 nitrogen and oxygen atoms in total. The van der Waals surface area contributed by atoms with Crippen LogP contribution in [-0.2, 0) is 5.75 Å². The number of hydrogen-bond acceptors (Lipinski definition) is 6. The number of nitro benzene ring substituents is 1. The van der Waals surface area contributed by atoms with E-state index in [1.807, 2.05) is 30.3 Å². The zero-order valence-electron chi connectivity index (χ0n) is 11.9. The number of para-hydroxylation sites is 1. The fourth-order valence-electron chi connectivity index (χ4n) is 2.02. The Labute approximate surface area is 135 Å². The van der Waals surface area contributed by atoms with Gasteiger partial charge in [0, 0.05) is 17.9 Å². The van der Waals surface area contributed by atoms with Crippen LogP contribution >= 0.6 is 11.8 Å². The summed E-state index contributed by atoms with van der Waals surface area (Å²) in [5.41, 5.74) is 1.74. The van der Waals surface area contributed by atoms with Crippen molar-refractivity contribution in [2.75, 3.05) is 0 Å². The van der Waals surface area contributed by atoms with Gasteiger partial charge in [-0.2, -0.15) is 0 Å². The molecule has 0 amide bonds. The molecule has 3 aromatic rings. The standard InChI is InChI=1S/C15H12N4O3S/c20-14-16-17-15(18(14)12-4-2-1-3-5-12)23-10-11-6-8-13(9-7-11)19(21)22/h1-9H,10H2,(H,16,20). The number of aromatic nitrogens is 3. The van der Waals surface area contributed by atoms with Gasteiger partial charge in [-0.25, -0.2) is 4.57 Å². The van der Waals surface area contributed by atoms with E-state index in [4.69, 9.17) is 0 Å². The van der Waals surface area contributed by atoms with Crippen molar-refractivity contribution in [3.63, 3.8) is 0 Å². The summed E-state index contributed by atoms with van der Waals surface area (Å²) in [7, 11) is 0. The zero-order chi connectivity index (χ0) is 16.2. The number of thioether (sulfide) groups is 1. The van der Waals surface area contributed by atoms with Crippen molar-refractivity contribution in [3.05, 3.63) is 70.3 Å². The van der Waals surface area contributed by atoms with E-state index in [1.54, 1.807) is 16.7 Å². The van der Waals surface area contributed by atoms with Gasteiger partial charge in [0.25, 0.3) is 5.69 Å². The van der Waals surface area contributed by atoms with E-state index in [0.717, 1.165) is 11.3 Å². The molecule has 1 aromatic heterocycles. The molecule has 0 aliphatic carbocycles. The molecule has 0 radical (unpaired) electrons. The molecule has 0 saturated heterocycles. The molecule has 0 spiro atoms. The number of nitro groups is 1. The second-order valence-corrected chi connectivity index (χ2v) is 5.61. The van der Waals surface area contributed by atoms with Crippen LogP contribution in [0.1, 0.15) is 5.56 Å². The predicted octanol–water partition coefficient (Wildman–Crippen LogP) is 3.17. The third-order valence-electron chi connectivity index (χ3n) is 3.15. The van der Waals surface area contributed by atoms with E-state index in [-0.39, 0.29) is 11.7 Å². The van der Waals surface area contributed by atoms with E-state index < -0.39 is 4.92 Å². The Morgan fingerprint density at radius 1 is 1.09 bits per heavy atom. The smallest absolute Gasteiger partial charge is 0.319 e. The van der Waals surface area contributed by atoms with Crippen LogP contribution in [0.3, 0.4) is 0 Å². The highest BCUT2D eigenvalue weighted by Gasteiger charge is 2.13. The van der Waals surface area contributed by atoms with Gasteiger partial charge in [0.2, 0.25) is 0 Å². The van der Waals surface area contributed by atoms with Crippen LogP contribution < -0.4 is 0 Å². The molecule has 8 heteroatoms. The van der Waals surface area contributed by atoms with Gasteiger partial charge >= 0.3 is 6.01 Å². The molecule has 0 aliphatic rings. The van der Waals surface area contributed by atoms with E-state index in [1.165, 1.54) is 23.9 Å². The molecule has 0 bridgehead atoms. The predicted molar refractivity (Wildman–Crippen MR) is 85.7 cm³/mol. The van der Waals surface area contributed by atoms with Crippen LogP contribution in [0.4, 0.5) is 5.69 Å². The first-order valence-electron chi connectivity index (χ1n) is 6.71. The van der Waals surface area contributed by atoms with E-state index in [0.29, 0.717) is 10.9 Å². The molecule has 2 aromatic carbocycles. The maximum Gasteiger partial charge on any atom is 0.319 e. The van der Waals surface area contributed by atoms with Gasteiger partial charge in [0.1, 0.15) is 0 Å². The Balaban J connectivity index is 1.78. The highest BCUT2D eigenvalue weighted by Crippen LogP contribution is 2.27. The number of benzene rings is 2. The van der Waals surface area contributed by atoms with Crippen molar-refractivity contribution in [3.8, 4) is 11.7 Å². The van der Waals surface area contributed by atoms with Crippen molar-refractivity contribution in [2.24, 2.45) is 0 Å². The quantitative estimate of drug-likeness (QED) is 0.439. The summed E-state index contributed by atoms with van der Waals surface area (Å²) < 4.78 is 1.55. The first kappa shape index (κ1) is 15.0. The molecular formula is C15H12N4O3S. The molecule has 0 unspecified atom stereocenters. The Morgan fingerprint density at radius 2 is 1.78 bits per heavy atom. The van der Waals surface area contributed by atoms with Gasteiger partial charge in [-0.3, -0.25) is 10.1 Å². The fourth-order valence-corrected chi connectivity index (χ4v) is 2.92. The van der Waals surface area contributed by atoms with Crippen LogP contribution in [0.2, 0.25) is 0 Å². The second kappa shape index (κ2) is 6.49. The van der Waals surface area contributed by atoms with Crippen molar-refractivity contribution in [1.82, 2.24) is 14.8 Å². The highest BCUT2D eigenvalue weighted by molar-refractivity contribution is 7.98. The largest absolute Gasteiger partial charge is 0.479 e. The molecule has 1 heterocycles. The number of rotatable bonds is 5. The highest BCUT2D eigenvalue weighted by atomic mass is 32.2. The van der Waals surface area contributed by atoms with Gasteiger partial charge < -0.3 is 5.11 Å². The Morgan fingerprint density at radius 3 is 2.43 bits per heavy atom. The van der Waals surface area contributed by atoms with Gasteiger partial charge in [-0.1, -0.05) is 47.2 Å². The minimum absolute atomic E-state index is 0.0591. The molecule has 23 heavy (non-hydrogen) atoms. The lowest BCUT2D eigenvalue weighted by atomic mass is 10.2. The number of aromatic hydroxyl groups is 1. The van der Waals surface area contributed by atoms with Crippen molar-refractivity contribution in [2.45, 2.75) is 10.9 Å². The Bertz CT molecular complexity index is 818. The average Bonchev–Trinajstić information content (AvgIpc) is 2.95. The summed E-state index contributed by atoms with van der Waals surface area (Å²) in [5, 5.41) is 28.7. The topological polar surface area (TPSA) is 94.1 Å². The van der Waals surface area contributed by atoms with E-state index >= 15 is 0 Å². The van der Waals surface area contributed by atoms with Crippen molar-refractivity contribution < 1.29 is 10.0 Å². The SMILES string of the molecule is O=[N+]([O-])c1ccc(CSc2nnc(O)n2-c2ccccc2)cc1. The Kier molecular flexibility index (Phi) is 4.24. The fraction of sp³-hybridized carbons (Fsp3) is 0.0667. The number of hydrogen-bond donors (Lipinski definition) is 1. The minimum Gasteiger partial charge on any atom is -0.479 e. The van der Waals surface area contributed by atoms with Gasteiger partial charge in [-0.15, -0.1) is 5.10 Å². The summed E-state index contributed by atoms with van der Waals surface area (Å²) in [5.74, 6) is 0.558. The lowest BCUT2D eigenvalue weighted by Gasteiger charge is -2.06. The summed E-state index contributed by atoms with van der Waals surface area (Å²) in [6.45, 7) is 0. The van der Waals surface area contributed by atoms with Crippen LogP contribution in [0.5, 0.6) is 6.01 Å². The monoisotopic (exact) mass is 328 g/mol. The Hall–Kier alpha value is -2.87. The van der Waals surface area contributed by atoms with Gasteiger partial charge in [0.15, 0.2) is 5.16 Å². The third kappa shape index (κ3) is 3.32. The van der Waals surface area contributed by atoms with Crippen molar-refractivity contribution in [1.29, 1.82) is 0 Å². The molecule has 0 fully saturated rings. The summed E-state index contributed by atoms with van der Waals surface area (Å²) in [6.07, 6.45) is 0. The summed E-state index contributed by atoms with van der Waals surface area (Å²) in [4.78, 5) is 10.2. The van der Waals surface area contributed by atoms with E-state index in [9.17, 15) is 15.2 Å². The molecule has 1 N–H and O–H groups in total. The summed E-state index contributed by atoms with van der Waals surface area (Å²) in [6, 6.07) is 15.5. The van der Waals surface area contributed by atoms with Crippen LogP contribution in [0.25, 0.3) is 5.69 Å². The molecule has 0 atom stereocenters. The maximum absolute atomic E-state index is 10.6. The molecule has 0 saturated carbocycles. The first-order chi connectivity index (χ1) is 11.1. The molecule has 0 aliphatic heterocycles. The van der Waals surface area contributed by atoms with Crippen LogP contribution in [0, 0.1) is 10.1 Å². The van der Waals surface area contributed by atoms with Crippen molar-refractivity contribution >= 4 is 17.4 Å². The molecule has 3 rings (SSSR count). The minimum atomic E-state index is -0.430. The lowest BCUT2D eigenvalue weighted by molar-refractivity contribution is -0.384. The molecule has 116 valence electrons. The molecular weight excluding hydrogens is 316 g/mol. The van der Waals surface area contributed by atoms with Gasteiger partial charge in [-0.05, 0) is 17.7 Å². The average molecular weight is 328 g/mol. The lowest BCUT2D eigenvalue weighted by Crippen LogP contribution is -1.96. The summed E-state index contributed by atoms with van der Waals surface area (Å²) >= 11 is 1.39. The normalized spacial score (nSPS) is 10.6. The second-order valence-electron chi connectivity index (χ2n) is 4.67. The number of nitrogens with zero attached hydrogens (tertiary/aromatic N) is 4. The zero-order valence-corrected chi connectivity index (χ0v) is 12.7. The van der Waals surface area contributed by atoms with E-state index in [2.05, 4.69) is 10.2 Å². The number of non-ortho nitro benzene ring substituents is 1.